The molecule has 1 fully saturated rings. The Bertz CT molecular complexity index is 557. The molecule has 0 saturated carbocycles. The Morgan fingerprint density at radius 3 is 2.00 bits per heavy atom. The molecule has 1 saturated heterocycles. The molecule has 1 aromatic rings. The molecule has 6 nitrogen and oxygen atoms in total. The van der Waals surface area contributed by atoms with Crippen LogP contribution in [0.1, 0.15) is 25.8 Å². The van der Waals surface area contributed by atoms with Crippen molar-refractivity contribution in [2.24, 2.45) is 11.7 Å². The van der Waals surface area contributed by atoms with E-state index in [2.05, 4.69) is 18.7 Å². The van der Waals surface area contributed by atoms with Gasteiger partial charge in [0.15, 0.2) is 0 Å². The van der Waals surface area contributed by atoms with E-state index in [1.807, 2.05) is 23.1 Å². The van der Waals surface area contributed by atoms with Gasteiger partial charge in [0.2, 0.25) is 5.91 Å². The number of nitrogens with zero attached hydrogens (tertiary/aromatic N) is 2. The summed E-state index contributed by atoms with van der Waals surface area (Å²) < 4.78 is 10.7. The lowest BCUT2D eigenvalue weighted by Crippen LogP contribution is -2.53. The predicted molar refractivity (Wildman–Crippen MR) is 113 cm³/mol. The van der Waals surface area contributed by atoms with Gasteiger partial charge in [0.1, 0.15) is 11.5 Å². The Morgan fingerprint density at radius 1 is 1.04 bits per heavy atom. The van der Waals surface area contributed by atoms with Crippen LogP contribution in [0.3, 0.4) is 0 Å². The van der Waals surface area contributed by atoms with Crippen molar-refractivity contribution in [3.63, 3.8) is 0 Å². The van der Waals surface area contributed by atoms with Gasteiger partial charge >= 0.3 is 0 Å². The third-order valence-corrected chi connectivity index (χ3v) is 4.54. The molecule has 0 aliphatic carbocycles. The molecular formula is C19H33Cl2N3O3. The quantitative estimate of drug-likeness (QED) is 0.732. The average molecular weight is 422 g/mol. The maximum absolute atomic E-state index is 12.4. The smallest absolute Gasteiger partial charge is 0.239 e. The van der Waals surface area contributed by atoms with Gasteiger partial charge in [-0.3, -0.25) is 9.69 Å². The van der Waals surface area contributed by atoms with Crippen LogP contribution in [0, 0.1) is 5.92 Å². The zero-order chi connectivity index (χ0) is 18.4. The third-order valence-electron chi connectivity index (χ3n) is 4.54. The number of nitrogens with two attached hydrogens (primary N) is 1. The van der Waals surface area contributed by atoms with E-state index < -0.39 is 0 Å². The molecule has 0 unspecified atom stereocenters. The fourth-order valence-electron chi connectivity index (χ4n) is 3.19. The summed E-state index contributed by atoms with van der Waals surface area (Å²) in [4.78, 5) is 16.7. The zero-order valence-corrected chi connectivity index (χ0v) is 18.3. The largest absolute Gasteiger partial charge is 0.497 e. The summed E-state index contributed by atoms with van der Waals surface area (Å²) in [6.45, 7) is 8.14. The Kier molecular flexibility index (Phi) is 11.7. The van der Waals surface area contributed by atoms with Gasteiger partial charge in [0.25, 0.3) is 0 Å². The highest BCUT2D eigenvalue weighted by Crippen LogP contribution is 2.23. The molecule has 2 N–H and O–H groups in total. The number of methoxy groups -OCH3 is 2. The molecule has 0 bridgehead atoms. The van der Waals surface area contributed by atoms with Crippen molar-refractivity contribution < 1.29 is 14.3 Å². The van der Waals surface area contributed by atoms with Crippen LogP contribution >= 0.6 is 24.8 Å². The SMILES string of the molecule is COc1cc(CN2CCN(C(=O)[C@@H](N)CC(C)C)CC2)cc(OC)c1.Cl.Cl. The number of carbonyl (C=O) groups is 1. The molecule has 27 heavy (non-hydrogen) atoms. The molecule has 8 heteroatoms. The molecule has 0 spiro atoms. The normalized spacial score (nSPS) is 15.6. The molecular weight excluding hydrogens is 389 g/mol. The summed E-state index contributed by atoms with van der Waals surface area (Å²) in [5, 5.41) is 0. The minimum Gasteiger partial charge on any atom is -0.497 e. The van der Waals surface area contributed by atoms with E-state index in [0.717, 1.165) is 56.2 Å². The number of carbonyl (C=O) groups excluding carboxylic acids is 1. The first-order valence-corrected chi connectivity index (χ1v) is 8.91. The third kappa shape index (κ3) is 7.74. The topological polar surface area (TPSA) is 68.0 Å². The van der Waals surface area contributed by atoms with E-state index in [4.69, 9.17) is 15.2 Å². The standard InChI is InChI=1S/C19H31N3O3.2ClH/c1-14(2)9-18(20)19(23)22-7-5-21(6-8-22)13-15-10-16(24-3)12-17(11-15)25-4;;/h10-12,14,18H,5-9,13,20H2,1-4H3;2*1H/t18-;;/m0../s1. The molecule has 2 rings (SSSR count). The predicted octanol–water partition coefficient (Wildman–Crippen LogP) is 2.57. The van der Waals surface area contributed by atoms with Crippen molar-refractivity contribution in [1.29, 1.82) is 0 Å². The van der Waals surface area contributed by atoms with Gasteiger partial charge in [-0.15, -0.1) is 24.8 Å². The summed E-state index contributed by atoms with van der Waals surface area (Å²) in [5.41, 5.74) is 7.18. The Morgan fingerprint density at radius 2 is 1.56 bits per heavy atom. The number of ether oxygens (including phenoxy) is 2. The summed E-state index contributed by atoms with van der Waals surface area (Å²) in [6.07, 6.45) is 0.739. The van der Waals surface area contributed by atoms with Crippen LogP contribution in [0.2, 0.25) is 0 Å². The number of hydrogen-bond donors (Lipinski definition) is 1. The number of rotatable bonds is 7. The molecule has 1 atom stereocenters. The summed E-state index contributed by atoms with van der Waals surface area (Å²) >= 11 is 0. The van der Waals surface area contributed by atoms with Crippen LogP contribution in [0.4, 0.5) is 0 Å². The van der Waals surface area contributed by atoms with Gasteiger partial charge in [-0.05, 0) is 30.0 Å². The van der Waals surface area contributed by atoms with Gasteiger partial charge in [-0.2, -0.15) is 0 Å². The minimum atomic E-state index is -0.380. The number of piperazine rings is 1. The zero-order valence-electron chi connectivity index (χ0n) is 16.6. The molecule has 1 aliphatic heterocycles. The van der Waals surface area contributed by atoms with Crippen LogP contribution in [0.25, 0.3) is 0 Å². The van der Waals surface area contributed by atoms with Crippen LogP contribution < -0.4 is 15.2 Å². The summed E-state index contributed by atoms with van der Waals surface area (Å²) in [5.74, 6) is 2.10. The van der Waals surface area contributed by atoms with Crippen molar-refractivity contribution in [2.45, 2.75) is 32.9 Å². The van der Waals surface area contributed by atoms with Crippen molar-refractivity contribution in [2.75, 3.05) is 40.4 Å². The number of amides is 1. The highest BCUT2D eigenvalue weighted by Gasteiger charge is 2.25. The van der Waals surface area contributed by atoms with Gasteiger partial charge in [-0.1, -0.05) is 13.8 Å². The fraction of sp³-hybridized carbons (Fsp3) is 0.632. The number of benzene rings is 1. The minimum absolute atomic E-state index is 0. The second-order valence-corrected chi connectivity index (χ2v) is 7.06. The molecule has 1 amide bonds. The second kappa shape index (κ2) is 12.3. The molecule has 0 radical (unpaired) electrons. The van der Waals surface area contributed by atoms with Crippen molar-refractivity contribution >= 4 is 30.7 Å². The summed E-state index contributed by atoms with van der Waals surface area (Å²) in [6, 6.07) is 5.54. The van der Waals surface area contributed by atoms with Gasteiger partial charge in [-0.25, -0.2) is 0 Å². The molecule has 156 valence electrons. The van der Waals surface area contributed by atoms with Crippen LogP contribution in [-0.2, 0) is 11.3 Å². The molecule has 0 aromatic heterocycles. The average Bonchev–Trinajstić information content (AvgIpc) is 2.60. The molecule has 1 aliphatic rings. The lowest BCUT2D eigenvalue weighted by molar-refractivity contribution is -0.134. The first kappa shape index (κ1) is 25.8. The van der Waals surface area contributed by atoms with Crippen LogP contribution in [-0.4, -0.2) is 62.1 Å². The van der Waals surface area contributed by atoms with E-state index >= 15 is 0 Å². The van der Waals surface area contributed by atoms with E-state index in [0.29, 0.717) is 5.92 Å². The van der Waals surface area contributed by atoms with Gasteiger partial charge < -0.3 is 20.1 Å². The van der Waals surface area contributed by atoms with E-state index in [9.17, 15) is 4.79 Å². The Balaban J connectivity index is 0.00000338. The van der Waals surface area contributed by atoms with Crippen LogP contribution in [0.15, 0.2) is 18.2 Å². The van der Waals surface area contributed by atoms with Crippen LogP contribution in [0.5, 0.6) is 11.5 Å². The first-order chi connectivity index (χ1) is 11.9. The highest BCUT2D eigenvalue weighted by molar-refractivity contribution is 5.85. The van der Waals surface area contributed by atoms with Gasteiger partial charge in [0, 0.05) is 38.8 Å². The maximum atomic E-state index is 12.4. The fourth-order valence-corrected chi connectivity index (χ4v) is 3.19. The molecule has 1 heterocycles. The lowest BCUT2D eigenvalue weighted by atomic mass is 10.0. The number of halogens is 2. The highest BCUT2D eigenvalue weighted by atomic mass is 35.5. The van der Waals surface area contributed by atoms with E-state index in [-0.39, 0.29) is 36.8 Å². The maximum Gasteiger partial charge on any atom is 0.239 e. The van der Waals surface area contributed by atoms with Gasteiger partial charge in [0.05, 0.1) is 20.3 Å². The summed E-state index contributed by atoms with van der Waals surface area (Å²) in [7, 11) is 3.31. The van der Waals surface area contributed by atoms with Crippen molar-refractivity contribution in [3.05, 3.63) is 23.8 Å². The van der Waals surface area contributed by atoms with Crippen molar-refractivity contribution in [1.82, 2.24) is 9.80 Å². The monoisotopic (exact) mass is 421 g/mol. The van der Waals surface area contributed by atoms with E-state index in [1.165, 1.54) is 0 Å². The van der Waals surface area contributed by atoms with Crippen molar-refractivity contribution in [3.8, 4) is 11.5 Å². The first-order valence-electron chi connectivity index (χ1n) is 8.91. The lowest BCUT2D eigenvalue weighted by Gasteiger charge is -2.36. The second-order valence-electron chi connectivity index (χ2n) is 7.06. The molecule has 1 aromatic carbocycles. The van der Waals surface area contributed by atoms with E-state index in [1.54, 1.807) is 14.2 Å². The number of hydrogen-bond acceptors (Lipinski definition) is 5. The Labute approximate surface area is 175 Å². The Hall–Kier alpha value is -1.21.